The van der Waals surface area contributed by atoms with Crippen LogP contribution in [0.15, 0.2) is 48.7 Å². The van der Waals surface area contributed by atoms with Crippen molar-refractivity contribution in [2.24, 2.45) is 0 Å². The number of likely N-dealkylation sites (tertiary alicyclic amines) is 1. The summed E-state index contributed by atoms with van der Waals surface area (Å²) in [5.74, 6) is 6.57. The predicted octanol–water partition coefficient (Wildman–Crippen LogP) is 5.72. The molecule has 1 aliphatic carbocycles. The van der Waals surface area contributed by atoms with E-state index in [-0.39, 0.29) is 18.0 Å². The number of ether oxygens (including phenoxy) is 2. The molecule has 0 radical (unpaired) electrons. The van der Waals surface area contributed by atoms with Crippen LogP contribution in [-0.2, 0) is 10.3 Å². The van der Waals surface area contributed by atoms with Crippen LogP contribution in [-0.4, -0.2) is 46.7 Å². The number of benzene rings is 2. The summed E-state index contributed by atoms with van der Waals surface area (Å²) in [7, 11) is 0. The molecule has 7 heteroatoms. The van der Waals surface area contributed by atoms with Crippen molar-refractivity contribution in [1.82, 2.24) is 15.2 Å². The van der Waals surface area contributed by atoms with E-state index in [1.807, 2.05) is 65.0 Å². The first-order chi connectivity index (χ1) is 18.6. The number of rotatable bonds is 6. The largest absolute Gasteiger partial charge is 0.491 e. The van der Waals surface area contributed by atoms with Gasteiger partial charge in [0.05, 0.1) is 17.1 Å². The molecule has 2 aromatic carbocycles. The Kier molecular flexibility index (Phi) is 6.98. The van der Waals surface area contributed by atoms with Crippen LogP contribution >= 0.6 is 0 Å². The number of hydrogen-bond acceptors (Lipinski definition) is 5. The minimum atomic E-state index is -0.538. The topological polar surface area (TPSA) is 80.8 Å². The van der Waals surface area contributed by atoms with E-state index in [1.165, 1.54) is 0 Å². The smallest absolute Gasteiger partial charge is 0.410 e. The van der Waals surface area contributed by atoms with Crippen LogP contribution < -0.4 is 10.1 Å². The highest BCUT2D eigenvalue weighted by Crippen LogP contribution is 2.48. The SMILES string of the molecule is CC#Cc1cc(C2(NC(=O)c3cc(OC[C@@H]4CCN4C(=O)OC(C)(C)C)ccc3C)CC2)c2cccnc2c1. The molecule has 5 rings (SSSR count). The number of pyridine rings is 1. The van der Waals surface area contributed by atoms with Gasteiger partial charge < -0.3 is 19.7 Å². The standard InChI is InChI=1S/C32H35N3O4/c1-6-8-22-17-27(25-9-7-15-33-28(25)18-22)32(13-14-32)34-29(36)26-19-24(11-10-21(26)2)38-20-23-12-16-35(23)30(37)39-31(3,4)5/h7,9-11,15,17-19,23H,12-14,16,20H2,1-5H3,(H,34,36)/t23-/m0/s1. The molecule has 7 nitrogen and oxygen atoms in total. The third-order valence-corrected chi connectivity index (χ3v) is 7.28. The molecule has 3 aromatic rings. The number of nitrogens with zero attached hydrogens (tertiary/aromatic N) is 2. The van der Waals surface area contributed by atoms with Crippen molar-refractivity contribution < 1.29 is 19.1 Å². The van der Waals surface area contributed by atoms with Crippen LogP contribution in [0, 0.1) is 18.8 Å². The molecule has 0 spiro atoms. The van der Waals surface area contributed by atoms with Gasteiger partial charge in [0, 0.05) is 29.3 Å². The highest BCUT2D eigenvalue weighted by atomic mass is 16.6. The Morgan fingerprint density at radius 2 is 1.97 bits per heavy atom. The van der Waals surface area contributed by atoms with Gasteiger partial charge in [0.2, 0.25) is 0 Å². The van der Waals surface area contributed by atoms with Gasteiger partial charge in [-0.15, -0.1) is 5.92 Å². The van der Waals surface area contributed by atoms with Gasteiger partial charge in [-0.05, 0) is 95.3 Å². The molecular formula is C32H35N3O4. The second kappa shape index (κ2) is 10.3. The maximum Gasteiger partial charge on any atom is 0.410 e. The summed E-state index contributed by atoms with van der Waals surface area (Å²) in [4.78, 5) is 32.3. The normalized spacial score (nSPS) is 17.5. The van der Waals surface area contributed by atoms with E-state index >= 15 is 0 Å². The first-order valence-electron chi connectivity index (χ1n) is 13.5. The molecule has 202 valence electrons. The van der Waals surface area contributed by atoms with E-state index in [0.717, 1.165) is 46.9 Å². The molecule has 2 aliphatic rings. The van der Waals surface area contributed by atoms with Crippen LogP contribution in [0.1, 0.15) is 74.0 Å². The van der Waals surface area contributed by atoms with Crippen LogP contribution in [0.25, 0.3) is 10.9 Å². The number of carbonyl (C=O) groups is 2. The van der Waals surface area contributed by atoms with Gasteiger partial charge in [-0.25, -0.2) is 4.79 Å². The summed E-state index contributed by atoms with van der Waals surface area (Å²) in [6, 6.07) is 13.5. The Morgan fingerprint density at radius 3 is 2.64 bits per heavy atom. The fourth-order valence-corrected chi connectivity index (χ4v) is 4.97. The van der Waals surface area contributed by atoms with Crippen molar-refractivity contribution in [3.05, 3.63) is 70.9 Å². The zero-order valence-electron chi connectivity index (χ0n) is 23.3. The van der Waals surface area contributed by atoms with Crippen LogP contribution in [0.2, 0.25) is 0 Å². The number of amides is 2. The number of hydrogen-bond donors (Lipinski definition) is 1. The Labute approximate surface area is 229 Å². The van der Waals surface area contributed by atoms with E-state index in [4.69, 9.17) is 9.47 Å². The Morgan fingerprint density at radius 1 is 1.18 bits per heavy atom. The van der Waals surface area contributed by atoms with Crippen LogP contribution in [0.5, 0.6) is 5.75 Å². The molecule has 0 unspecified atom stereocenters. The summed E-state index contributed by atoms with van der Waals surface area (Å²) >= 11 is 0. The predicted molar refractivity (Wildman–Crippen MR) is 151 cm³/mol. The van der Waals surface area contributed by atoms with E-state index in [2.05, 4.69) is 28.2 Å². The number of carbonyl (C=O) groups excluding carboxylic acids is 2. The zero-order chi connectivity index (χ0) is 27.8. The first-order valence-corrected chi connectivity index (χ1v) is 13.5. The van der Waals surface area contributed by atoms with Crippen molar-refractivity contribution in [2.45, 2.75) is 71.1 Å². The van der Waals surface area contributed by atoms with Gasteiger partial charge >= 0.3 is 6.09 Å². The summed E-state index contributed by atoms with van der Waals surface area (Å²) in [5, 5.41) is 4.35. The third-order valence-electron chi connectivity index (χ3n) is 7.28. The minimum Gasteiger partial charge on any atom is -0.491 e. The van der Waals surface area contributed by atoms with Crippen molar-refractivity contribution >= 4 is 22.9 Å². The highest BCUT2D eigenvalue weighted by Gasteiger charge is 2.47. The molecular weight excluding hydrogens is 490 g/mol. The monoisotopic (exact) mass is 525 g/mol. The second-order valence-electron chi connectivity index (χ2n) is 11.4. The Balaban J connectivity index is 1.31. The van der Waals surface area contributed by atoms with Gasteiger partial charge in [0.25, 0.3) is 5.91 Å². The quantitative estimate of drug-likeness (QED) is 0.416. The second-order valence-corrected chi connectivity index (χ2v) is 11.4. The number of aryl methyl sites for hydroxylation is 1. The van der Waals surface area contributed by atoms with Gasteiger partial charge in [-0.3, -0.25) is 9.78 Å². The van der Waals surface area contributed by atoms with Gasteiger partial charge in [0.1, 0.15) is 18.0 Å². The Bertz CT molecular complexity index is 1490. The van der Waals surface area contributed by atoms with E-state index in [0.29, 0.717) is 24.5 Å². The minimum absolute atomic E-state index is 0.0476. The van der Waals surface area contributed by atoms with E-state index in [1.54, 1.807) is 17.2 Å². The molecule has 1 N–H and O–H groups in total. The summed E-state index contributed by atoms with van der Waals surface area (Å²) < 4.78 is 11.5. The zero-order valence-corrected chi connectivity index (χ0v) is 23.3. The lowest BCUT2D eigenvalue weighted by Crippen LogP contribution is -2.55. The molecule has 2 heterocycles. The molecule has 39 heavy (non-hydrogen) atoms. The molecule has 1 aliphatic heterocycles. The first kappa shape index (κ1) is 26.6. The molecule has 2 fully saturated rings. The van der Waals surface area contributed by atoms with Gasteiger partial charge in [0.15, 0.2) is 0 Å². The maximum atomic E-state index is 13.6. The molecule has 1 saturated heterocycles. The van der Waals surface area contributed by atoms with Crippen molar-refractivity contribution in [2.75, 3.05) is 13.2 Å². The average Bonchev–Trinajstić information content (AvgIpc) is 3.63. The fourth-order valence-electron chi connectivity index (χ4n) is 4.97. The molecule has 1 atom stereocenters. The lowest BCUT2D eigenvalue weighted by Gasteiger charge is -2.41. The molecule has 1 saturated carbocycles. The summed E-state index contributed by atoms with van der Waals surface area (Å²) in [5.41, 5.74) is 3.27. The maximum absolute atomic E-state index is 13.6. The number of aromatic nitrogens is 1. The lowest BCUT2D eigenvalue weighted by atomic mass is 9.95. The molecule has 1 aromatic heterocycles. The van der Waals surface area contributed by atoms with Crippen molar-refractivity contribution in [1.29, 1.82) is 0 Å². The van der Waals surface area contributed by atoms with E-state index < -0.39 is 11.1 Å². The van der Waals surface area contributed by atoms with Crippen molar-refractivity contribution in [3.8, 4) is 17.6 Å². The Hall–Kier alpha value is -4.05. The molecule has 2 amide bonds. The van der Waals surface area contributed by atoms with Gasteiger partial charge in [-0.2, -0.15) is 0 Å². The lowest BCUT2D eigenvalue weighted by molar-refractivity contribution is -0.0141. The number of nitrogens with one attached hydrogen (secondary N) is 1. The van der Waals surface area contributed by atoms with Crippen LogP contribution in [0.3, 0.4) is 0 Å². The summed E-state index contributed by atoms with van der Waals surface area (Å²) in [6.45, 7) is 10.3. The van der Waals surface area contributed by atoms with Crippen molar-refractivity contribution in [3.63, 3.8) is 0 Å². The highest BCUT2D eigenvalue weighted by molar-refractivity contribution is 5.97. The van der Waals surface area contributed by atoms with Gasteiger partial charge in [-0.1, -0.05) is 18.1 Å². The summed E-state index contributed by atoms with van der Waals surface area (Å²) in [6.07, 6.45) is 4.01. The van der Waals surface area contributed by atoms with Crippen LogP contribution in [0.4, 0.5) is 4.79 Å². The molecule has 0 bridgehead atoms. The number of fused-ring (bicyclic) bond motifs is 1. The fraction of sp³-hybridized carbons (Fsp3) is 0.406. The van der Waals surface area contributed by atoms with E-state index in [9.17, 15) is 9.59 Å². The third kappa shape index (κ3) is 5.70. The average molecular weight is 526 g/mol.